The van der Waals surface area contributed by atoms with Crippen molar-refractivity contribution >= 4 is 34.0 Å². The summed E-state index contributed by atoms with van der Waals surface area (Å²) in [6, 6.07) is 9.22. The second-order valence-corrected chi connectivity index (χ2v) is 8.73. The Labute approximate surface area is 213 Å². The van der Waals surface area contributed by atoms with Gasteiger partial charge in [-0.25, -0.2) is 19.3 Å². The molecule has 0 spiro atoms. The number of hydrogen-bond donors (Lipinski definition) is 1. The minimum Gasteiger partial charge on any atom is -0.494 e. The third-order valence-corrected chi connectivity index (χ3v) is 5.94. The van der Waals surface area contributed by atoms with Gasteiger partial charge in [0.25, 0.3) is 5.69 Å². The van der Waals surface area contributed by atoms with Gasteiger partial charge in [0.2, 0.25) is 5.95 Å². The minimum absolute atomic E-state index is 0.0736. The van der Waals surface area contributed by atoms with Gasteiger partial charge in [-0.3, -0.25) is 10.1 Å². The predicted molar refractivity (Wildman–Crippen MR) is 141 cm³/mol. The fraction of sp³-hybridized carbons (Fsp3) is 0.320. The first kappa shape index (κ1) is 25.8. The number of ether oxygens (including phenoxy) is 1. The molecule has 2 aromatic heterocycles. The highest BCUT2D eigenvalue weighted by Gasteiger charge is 2.23. The third-order valence-electron chi connectivity index (χ3n) is 5.94. The number of nitro groups is 1. The zero-order valence-corrected chi connectivity index (χ0v) is 21.4. The SMILES string of the molecule is CCn1c(-c2ccnc(Nc3cc([N+](=O)[O-])c(N(C)CCN(C)C)cc3OC)n2)nc2cc(F)ccc21. The minimum atomic E-state index is -0.424. The van der Waals surface area contributed by atoms with Crippen molar-refractivity contribution in [1.82, 2.24) is 24.4 Å². The molecule has 194 valence electrons. The molecule has 0 amide bonds. The largest absolute Gasteiger partial charge is 0.494 e. The normalized spacial score (nSPS) is 11.2. The molecule has 2 aromatic carbocycles. The van der Waals surface area contributed by atoms with Crippen molar-refractivity contribution < 1.29 is 14.1 Å². The lowest BCUT2D eigenvalue weighted by atomic mass is 10.2. The van der Waals surface area contributed by atoms with Gasteiger partial charge in [0.1, 0.15) is 22.9 Å². The number of aryl methyl sites for hydroxylation is 1. The molecule has 37 heavy (non-hydrogen) atoms. The number of anilines is 3. The van der Waals surface area contributed by atoms with E-state index in [0.29, 0.717) is 47.2 Å². The second kappa shape index (κ2) is 10.7. The quantitative estimate of drug-likeness (QED) is 0.247. The molecule has 0 unspecified atom stereocenters. The van der Waals surface area contributed by atoms with Gasteiger partial charge in [-0.1, -0.05) is 0 Å². The Morgan fingerprint density at radius 1 is 1.14 bits per heavy atom. The summed E-state index contributed by atoms with van der Waals surface area (Å²) in [5, 5.41) is 15.0. The maximum absolute atomic E-state index is 13.8. The van der Waals surface area contributed by atoms with Crippen molar-refractivity contribution in [3.05, 3.63) is 58.5 Å². The Bertz CT molecular complexity index is 1440. The number of nitro benzene ring substituents is 1. The average Bonchev–Trinajstić information content (AvgIpc) is 3.24. The maximum atomic E-state index is 13.8. The van der Waals surface area contributed by atoms with E-state index in [0.717, 1.165) is 12.1 Å². The number of methoxy groups -OCH3 is 1. The lowest BCUT2D eigenvalue weighted by molar-refractivity contribution is -0.384. The topological polar surface area (TPSA) is 114 Å². The number of rotatable bonds is 10. The van der Waals surface area contributed by atoms with E-state index < -0.39 is 4.92 Å². The summed E-state index contributed by atoms with van der Waals surface area (Å²) >= 11 is 0. The fourth-order valence-corrected chi connectivity index (χ4v) is 4.03. The molecule has 0 saturated heterocycles. The van der Waals surface area contributed by atoms with Gasteiger partial charge in [-0.05, 0) is 39.2 Å². The number of likely N-dealkylation sites (N-methyl/N-ethyl adjacent to an activating group) is 2. The van der Waals surface area contributed by atoms with Crippen LogP contribution in [0.2, 0.25) is 0 Å². The molecule has 11 nitrogen and oxygen atoms in total. The lowest BCUT2D eigenvalue weighted by Gasteiger charge is -2.22. The number of nitrogens with one attached hydrogen (secondary N) is 1. The van der Waals surface area contributed by atoms with Gasteiger partial charge in [-0.15, -0.1) is 0 Å². The summed E-state index contributed by atoms with van der Waals surface area (Å²) < 4.78 is 21.2. The standard InChI is InChI=1S/C25H29FN8O3/c1-6-33-20-8-7-16(26)13-18(20)28-24(33)17-9-10-27-25(29-17)30-19-14-22(34(35)36)21(15-23(19)37-5)32(4)12-11-31(2)3/h7-10,13-15H,6,11-12H2,1-5H3,(H,27,29,30). The zero-order valence-electron chi connectivity index (χ0n) is 21.4. The number of imidazole rings is 1. The first-order valence-corrected chi connectivity index (χ1v) is 11.7. The lowest BCUT2D eigenvalue weighted by Crippen LogP contribution is -2.28. The first-order chi connectivity index (χ1) is 17.7. The molecule has 1 N–H and O–H groups in total. The Balaban J connectivity index is 1.71. The highest BCUT2D eigenvalue weighted by molar-refractivity contribution is 5.80. The predicted octanol–water partition coefficient (Wildman–Crippen LogP) is 4.31. The van der Waals surface area contributed by atoms with E-state index in [1.54, 1.807) is 31.4 Å². The van der Waals surface area contributed by atoms with E-state index in [2.05, 4.69) is 20.3 Å². The summed E-state index contributed by atoms with van der Waals surface area (Å²) in [7, 11) is 7.18. The molecule has 4 aromatic rings. The molecule has 2 heterocycles. The molecule has 0 bridgehead atoms. The van der Waals surface area contributed by atoms with Crippen molar-refractivity contribution in [2.75, 3.05) is 51.6 Å². The Kier molecular flexibility index (Phi) is 7.48. The summed E-state index contributed by atoms with van der Waals surface area (Å²) in [5.74, 6) is 0.806. The van der Waals surface area contributed by atoms with E-state index in [4.69, 9.17) is 4.74 Å². The van der Waals surface area contributed by atoms with Crippen LogP contribution in [0.1, 0.15) is 6.92 Å². The van der Waals surface area contributed by atoms with Gasteiger partial charge < -0.3 is 24.4 Å². The molecule has 0 aliphatic rings. The van der Waals surface area contributed by atoms with Crippen molar-refractivity contribution in [1.29, 1.82) is 0 Å². The van der Waals surface area contributed by atoms with Crippen LogP contribution in [0.5, 0.6) is 5.75 Å². The van der Waals surface area contributed by atoms with Gasteiger partial charge >= 0.3 is 0 Å². The van der Waals surface area contributed by atoms with Crippen molar-refractivity contribution in [3.63, 3.8) is 0 Å². The van der Waals surface area contributed by atoms with Crippen LogP contribution < -0.4 is 15.0 Å². The molecule has 12 heteroatoms. The molecular formula is C25H29FN8O3. The number of halogens is 1. The van der Waals surface area contributed by atoms with E-state index in [1.165, 1.54) is 25.3 Å². The van der Waals surface area contributed by atoms with Crippen molar-refractivity contribution in [2.45, 2.75) is 13.5 Å². The molecule has 4 rings (SSSR count). The molecule has 0 aliphatic carbocycles. The van der Waals surface area contributed by atoms with Gasteiger partial charge in [0, 0.05) is 51.1 Å². The Morgan fingerprint density at radius 3 is 2.59 bits per heavy atom. The zero-order chi connectivity index (χ0) is 26.7. The number of aromatic nitrogens is 4. The molecular weight excluding hydrogens is 479 g/mol. The van der Waals surface area contributed by atoms with Crippen LogP contribution in [0.25, 0.3) is 22.6 Å². The van der Waals surface area contributed by atoms with Crippen molar-refractivity contribution in [2.24, 2.45) is 0 Å². The van der Waals surface area contributed by atoms with E-state index >= 15 is 0 Å². The van der Waals surface area contributed by atoms with Gasteiger partial charge in [-0.2, -0.15) is 0 Å². The summed E-state index contributed by atoms with van der Waals surface area (Å²) in [6.45, 7) is 3.89. The van der Waals surface area contributed by atoms with E-state index in [1.807, 2.05) is 35.4 Å². The molecule has 0 atom stereocenters. The monoisotopic (exact) mass is 508 g/mol. The summed E-state index contributed by atoms with van der Waals surface area (Å²) in [4.78, 5) is 28.8. The highest BCUT2D eigenvalue weighted by Crippen LogP contribution is 2.39. The Hall–Kier alpha value is -4.32. The smallest absolute Gasteiger partial charge is 0.294 e. The van der Waals surface area contributed by atoms with Gasteiger partial charge in [0.05, 0.1) is 28.8 Å². The van der Waals surface area contributed by atoms with Crippen LogP contribution in [0, 0.1) is 15.9 Å². The number of benzene rings is 2. The molecule has 0 radical (unpaired) electrons. The van der Waals surface area contributed by atoms with Crippen LogP contribution >= 0.6 is 0 Å². The maximum Gasteiger partial charge on any atom is 0.294 e. The van der Waals surface area contributed by atoms with Crippen LogP contribution in [0.4, 0.5) is 27.4 Å². The molecule has 0 aliphatic heterocycles. The number of hydrogen-bond acceptors (Lipinski definition) is 9. The third kappa shape index (κ3) is 5.43. The van der Waals surface area contributed by atoms with Crippen LogP contribution in [-0.4, -0.2) is 70.7 Å². The van der Waals surface area contributed by atoms with Crippen LogP contribution in [0.15, 0.2) is 42.6 Å². The average molecular weight is 509 g/mol. The Morgan fingerprint density at radius 2 is 1.92 bits per heavy atom. The fourth-order valence-electron chi connectivity index (χ4n) is 4.03. The van der Waals surface area contributed by atoms with E-state index in [-0.39, 0.29) is 17.5 Å². The van der Waals surface area contributed by atoms with Crippen LogP contribution in [-0.2, 0) is 6.54 Å². The number of fused-ring (bicyclic) bond motifs is 1. The second-order valence-electron chi connectivity index (χ2n) is 8.73. The van der Waals surface area contributed by atoms with Crippen molar-refractivity contribution in [3.8, 4) is 17.3 Å². The first-order valence-electron chi connectivity index (χ1n) is 11.7. The van der Waals surface area contributed by atoms with E-state index in [9.17, 15) is 14.5 Å². The summed E-state index contributed by atoms with van der Waals surface area (Å²) in [6.07, 6.45) is 1.56. The number of nitrogens with zero attached hydrogens (tertiary/aromatic N) is 7. The molecule has 0 fully saturated rings. The highest BCUT2D eigenvalue weighted by atomic mass is 19.1. The molecule has 0 saturated carbocycles. The van der Waals surface area contributed by atoms with Crippen LogP contribution in [0.3, 0.4) is 0 Å². The van der Waals surface area contributed by atoms with Gasteiger partial charge in [0.15, 0.2) is 5.82 Å². The summed E-state index contributed by atoms with van der Waals surface area (Å²) in [5.41, 5.74) is 2.55.